The Bertz CT molecular complexity index is 621. The molecule has 0 amide bonds. The fourth-order valence-corrected chi connectivity index (χ4v) is 2.76. The SMILES string of the molecule is O=C(O)c1cccnc1SCc1ccc(Br)cc1F. The summed E-state index contributed by atoms with van der Waals surface area (Å²) in [5.41, 5.74) is 0.639. The first-order valence-electron chi connectivity index (χ1n) is 5.33. The molecule has 3 nitrogen and oxygen atoms in total. The summed E-state index contributed by atoms with van der Waals surface area (Å²) in [4.78, 5) is 15.0. The number of carboxylic acid groups (broad SMARTS) is 1. The predicted octanol–water partition coefficient (Wildman–Crippen LogP) is 3.97. The van der Waals surface area contributed by atoms with E-state index < -0.39 is 5.97 Å². The second-order valence-electron chi connectivity index (χ2n) is 3.69. The van der Waals surface area contributed by atoms with E-state index in [1.165, 1.54) is 30.1 Å². The van der Waals surface area contributed by atoms with E-state index in [-0.39, 0.29) is 11.4 Å². The zero-order chi connectivity index (χ0) is 13.8. The smallest absolute Gasteiger partial charge is 0.338 e. The molecule has 1 aromatic carbocycles. The molecular weight excluding hydrogens is 333 g/mol. The first-order chi connectivity index (χ1) is 9.08. The van der Waals surface area contributed by atoms with E-state index in [1.54, 1.807) is 18.2 Å². The van der Waals surface area contributed by atoms with Gasteiger partial charge in [0.15, 0.2) is 0 Å². The maximum atomic E-state index is 13.6. The second kappa shape index (κ2) is 6.16. The zero-order valence-electron chi connectivity index (χ0n) is 9.64. The van der Waals surface area contributed by atoms with Gasteiger partial charge in [-0.25, -0.2) is 14.2 Å². The van der Waals surface area contributed by atoms with Gasteiger partial charge in [-0.3, -0.25) is 0 Å². The Morgan fingerprint density at radius 3 is 2.89 bits per heavy atom. The van der Waals surface area contributed by atoms with Crippen molar-refractivity contribution < 1.29 is 14.3 Å². The number of hydrogen-bond donors (Lipinski definition) is 1. The fraction of sp³-hybridized carbons (Fsp3) is 0.0769. The quantitative estimate of drug-likeness (QED) is 0.854. The lowest BCUT2D eigenvalue weighted by molar-refractivity contribution is 0.0692. The molecule has 0 fully saturated rings. The van der Waals surface area contributed by atoms with Crippen LogP contribution in [0.2, 0.25) is 0 Å². The average Bonchev–Trinajstić information content (AvgIpc) is 2.38. The minimum Gasteiger partial charge on any atom is -0.478 e. The van der Waals surface area contributed by atoms with Crippen molar-refractivity contribution in [2.75, 3.05) is 0 Å². The standard InChI is InChI=1S/C13H9BrFNO2S/c14-9-4-3-8(11(15)6-9)7-19-12-10(13(17)18)2-1-5-16-12/h1-6H,7H2,(H,17,18). The Kier molecular flexibility index (Phi) is 4.55. The highest BCUT2D eigenvalue weighted by atomic mass is 79.9. The van der Waals surface area contributed by atoms with Crippen molar-refractivity contribution in [3.63, 3.8) is 0 Å². The number of aromatic carboxylic acids is 1. The molecule has 0 radical (unpaired) electrons. The summed E-state index contributed by atoms with van der Waals surface area (Å²) in [7, 11) is 0. The van der Waals surface area contributed by atoms with Gasteiger partial charge in [-0.2, -0.15) is 0 Å². The Morgan fingerprint density at radius 1 is 1.42 bits per heavy atom. The Hall–Kier alpha value is -1.40. The lowest BCUT2D eigenvalue weighted by atomic mass is 10.2. The molecule has 1 N–H and O–H groups in total. The second-order valence-corrected chi connectivity index (χ2v) is 5.57. The van der Waals surface area contributed by atoms with Crippen molar-refractivity contribution in [3.8, 4) is 0 Å². The Labute approximate surface area is 122 Å². The van der Waals surface area contributed by atoms with E-state index in [4.69, 9.17) is 5.11 Å². The zero-order valence-corrected chi connectivity index (χ0v) is 12.0. The molecular formula is C13H9BrFNO2S. The molecule has 98 valence electrons. The van der Waals surface area contributed by atoms with Gasteiger partial charge in [0.2, 0.25) is 0 Å². The predicted molar refractivity (Wildman–Crippen MR) is 74.9 cm³/mol. The molecule has 19 heavy (non-hydrogen) atoms. The molecule has 0 spiro atoms. The molecule has 6 heteroatoms. The minimum absolute atomic E-state index is 0.130. The summed E-state index contributed by atoms with van der Waals surface area (Å²) in [6.07, 6.45) is 1.52. The molecule has 0 unspecified atom stereocenters. The van der Waals surface area contributed by atoms with E-state index >= 15 is 0 Å². The monoisotopic (exact) mass is 341 g/mol. The number of nitrogens with zero attached hydrogens (tertiary/aromatic N) is 1. The number of hydrogen-bond acceptors (Lipinski definition) is 3. The van der Waals surface area contributed by atoms with Crippen LogP contribution in [0.25, 0.3) is 0 Å². The van der Waals surface area contributed by atoms with Crippen LogP contribution in [0.4, 0.5) is 4.39 Å². The fourth-order valence-electron chi connectivity index (χ4n) is 1.45. The van der Waals surface area contributed by atoms with Gasteiger partial charge in [0, 0.05) is 16.4 Å². The third kappa shape index (κ3) is 3.54. The molecule has 0 saturated carbocycles. The van der Waals surface area contributed by atoms with Crippen LogP contribution in [0.15, 0.2) is 46.0 Å². The van der Waals surface area contributed by atoms with Crippen LogP contribution >= 0.6 is 27.7 Å². The number of benzene rings is 1. The number of thioether (sulfide) groups is 1. The molecule has 0 bridgehead atoms. The summed E-state index contributed by atoms with van der Waals surface area (Å²) in [5, 5.41) is 9.41. The molecule has 0 saturated heterocycles. The lowest BCUT2D eigenvalue weighted by Crippen LogP contribution is -2.00. The van der Waals surface area contributed by atoms with Gasteiger partial charge >= 0.3 is 5.97 Å². The maximum absolute atomic E-state index is 13.6. The van der Waals surface area contributed by atoms with Gasteiger partial charge in [0.1, 0.15) is 10.8 Å². The summed E-state index contributed by atoms with van der Waals surface area (Å²) in [6, 6.07) is 7.83. The molecule has 2 aromatic rings. The summed E-state index contributed by atoms with van der Waals surface area (Å²) < 4.78 is 14.3. The minimum atomic E-state index is -1.04. The highest BCUT2D eigenvalue weighted by Gasteiger charge is 2.12. The van der Waals surface area contributed by atoms with Crippen LogP contribution in [0.1, 0.15) is 15.9 Å². The summed E-state index contributed by atoms with van der Waals surface area (Å²) >= 11 is 4.39. The number of carbonyl (C=O) groups is 1. The summed E-state index contributed by atoms with van der Waals surface area (Å²) in [6.45, 7) is 0. The van der Waals surface area contributed by atoms with E-state index in [0.29, 0.717) is 20.8 Å². The van der Waals surface area contributed by atoms with Crippen molar-refractivity contribution in [1.82, 2.24) is 4.98 Å². The molecule has 1 heterocycles. The van der Waals surface area contributed by atoms with Crippen molar-refractivity contribution in [3.05, 3.63) is 57.9 Å². The molecule has 2 rings (SSSR count). The molecule has 0 aliphatic rings. The Morgan fingerprint density at radius 2 is 2.21 bits per heavy atom. The normalized spacial score (nSPS) is 10.4. The van der Waals surface area contributed by atoms with Crippen molar-refractivity contribution >= 4 is 33.7 Å². The highest BCUT2D eigenvalue weighted by molar-refractivity contribution is 9.10. The van der Waals surface area contributed by atoms with Crippen LogP contribution in [0.3, 0.4) is 0 Å². The van der Waals surface area contributed by atoms with E-state index in [9.17, 15) is 9.18 Å². The number of halogens is 2. The van der Waals surface area contributed by atoms with Crippen molar-refractivity contribution in [1.29, 1.82) is 0 Å². The number of pyridine rings is 1. The summed E-state index contributed by atoms with van der Waals surface area (Å²) in [5.74, 6) is -1.03. The van der Waals surface area contributed by atoms with Crippen LogP contribution in [0, 0.1) is 5.82 Å². The largest absolute Gasteiger partial charge is 0.478 e. The van der Waals surface area contributed by atoms with Gasteiger partial charge in [0.05, 0.1) is 5.56 Å². The van der Waals surface area contributed by atoms with Gasteiger partial charge in [-0.15, -0.1) is 11.8 Å². The van der Waals surface area contributed by atoms with E-state index in [1.807, 2.05) is 0 Å². The molecule has 0 atom stereocenters. The molecule has 0 aliphatic carbocycles. The lowest BCUT2D eigenvalue weighted by Gasteiger charge is -2.05. The number of aromatic nitrogens is 1. The van der Waals surface area contributed by atoms with Gasteiger partial charge in [0.25, 0.3) is 0 Å². The van der Waals surface area contributed by atoms with Gasteiger partial charge in [-0.1, -0.05) is 22.0 Å². The van der Waals surface area contributed by atoms with Gasteiger partial charge < -0.3 is 5.11 Å². The Balaban J connectivity index is 2.17. The maximum Gasteiger partial charge on any atom is 0.338 e. The van der Waals surface area contributed by atoms with Crippen molar-refractivity contribution in [2.45, 2.75) is 10.8 Å². The molecule has 0 aliphatic heterocycles. The van der Waals surface area contributed by atoms with Crippen LogP contribution < -0.4 is 0 Å². The average molecular weight is 342 g/mol. The van der Waals surface area contributed by atoms with Crippen LogP contribution in [-0.2, 0) is 5.75 Å². The van der Waals surface area contributed by atoms with Crippen molar-refractivity contribution in [2.24, 2.45) is 0 Å². The topological polar surface area (TPSA) is 50.2 Å². The van der Waals surface area contributed by atoms with E-state index in [0.717, 1.165) is 0 Å². The van der Waals surface area contributed by atoms with E-state index in [2.05, 4.69) is 20.9 Å². The third-order valence-electron chi connectivity index (χ3n) is 2.38. The third-order valence-corrected chi connectivity index (χ3v) is 3.93. The van der Waals surface area contributed by atoms with Gasteiger partial charge in [-0.05, 0) is 29.8 Å². The number of rotatable bonds is 4. The first-order valence-corrected chi connectivity index (χ1v) is 7.11. The van der Waals surface area contributed by atoms with Crippen LogP contribution in [0.5, 0.6) is 0 Å². The first kappa shape index (κ1) is 14.0. The molecule has 1 aromatic heterocycles. The number of carboxylic acids is 1. The van der Waals surface area contributed by atoms with Crippen LogP contribution in [-0.4, -0.2) is 16.1 Å². The highest BCUT2D eigenvalue weighted by Crippen LogP contribution is 2.26.